The van der Waals surface area contributed by atoms with Crippen LogP contribution in [0, 0.1) is 0 Å². The van der Waals surface area contributed by atoms with Crippen LogP contribution in [0.4, 0.5) is 0 Å². The van der Waals surface area contributed by atoms with Gasteiger partial charge in [0, 0.05) is 6.54 Å². The molecule has 2 aromatic carbocycles. The molecule has 1 heterocycles. The molecular weight excluding hydrogens is 363 g/mol. The van der Waals surface area contributed by atoms with Gasteiger partial charge in [0.05, 0.1) is 5.02 Å². The minimum atomic E-state index is -0.671. The molecule has 7 heteroatoms. The van der Waals surface area contributed by atoms with E-state index in [-0.39, 0.29) is 18.3 Å². The normalized spacial score (nSPS) is 13.5. The molecule has 1 amide bonds. The number of carbonyl (C=O) groups is 1. The fraction of sp³-hybridized carbons (Fsp3) is 0.278. The number of nitrogens with one attached hydrogen (secondary N) is 1. The topological polar surface area (TPSA) is 73.6 Å². The van der Waals surface area contributed by atoms with E-state index in [0.717, 1.165) is 11.1 Å². The maximum Gasteiger partial charge on any atom is 0.241 e. The van der Waals surface area contributed by atoms with E-state index >= 15 is 0 Å². The van der Waals surface area contributed by atoms with Crippen molar-refractivity contribution in [3.8, 4) is 11.5 Å². The van der Waals surface area contributed by atoms with Crippen molar-refractivity contribution in [2.24, 2.45) is 5.73 Å². The molecule has 3 N–H and O–H groups in total. The molecule has 1 atom stereocenters. The number of rotatable bonds is 5. The van der Waals surface area contributed by atoms with Gasteiger partial charge in [0.25, 0.3) is 0 Å². The third kappa shape index (κ3) is 4.78. The smallest absolute Gasteiger partial charge is 0.241 e. The maximum absolute atomic E-state index is 12.1. The van der Waals surface area contributed by atoms with Crippen LogP contribution in [-0.4, -0.2) is 25.7 Å². The Bertz CT molecular complexity index is 726. The third-order valence-electron chi connectivity index (χ3n) is 3.81. The molecule has 0 radical (unpaired) electrons. The predicted octanol–water partition coefficient (Wildman–Crippen LogP) is 2.89. The van der Waals surface area contributed by atoms with Gasteiger partial charge in [0.2, 0.25) is 5.91 Å². The summed E-state index contributed by atoms with van der Waals surface area (Å²) in [5.41, 5.74) is 7.72. The summed E-state index contributed by atoms with van der Waals surface area (Å²) < 4.78 is 11.0. The zero-order valence-corrected chi connectivity index (χ0v) is 15.1. The molecule has 25 heavy (non-hydrogen) atoms. The molecule has 3 rings (SSSR count). The Morgan fingerprint density at radius 3 is 2.68 bits per heavy atom. The first kappa shape index (κ1) is 19.4. The van der Waals surface area contributed by atoms with Gasteiger partial charge in [-0.1, -0.05) is 41.9 Å². The lowest BCUT2D eigenvalue weighted by Crippen LogP contribution is -2.35. The first-order valence-corrected chi connectivity index (χ1v) is 8.19. The number of nitrogens with two attached hydrogens (primary N) is 1. The number of hydrogen-bond acceptors (Lipinski definition) is 4. The van der Waals surface area contributed by atoms with Gasteiger partial charge in [-0.25, -0.2) is 0 Å². The molecule has 5 nitrogen and oxygen atoms in total. The van der Waals surface area contributed by atoms with Gasteiger partial charge in [0.1, 0.15) is 19.3 Å². The Morgan fingerprint density at radius 2 is 1.92 bits per heavy atom. The summed E-state index contributed by atoms with van der Waals surface area (Å²) in [7, 11) is 0. The highest BCUT2D eigenvalue weighted by atomic mass is 35.5. The van der Waals surface area contributed by atoms with Crippen molar-refractivity contribution in [2.75, 3.05) is 19.8 Å². The number of carbonyl (C=O) groups excluding carboxylic acids is 1. The van der Waals surface area contributed by atoms with Crippen LogP contribution in [0.5, 0.6) is 11.5 Å². The van der Waals surface area contributed by atoms with Crippen LogP contribution in [0.25, 0.3) is 0 Å². The molecule has 2 aromatic rings. The van der Waals surface area contributed by atoms with Crippen molar-refractivity contribution in [3.63, 3.8) is 0 Å². The molecule has 0 aromatic heterocycles. The lowest BCUT2D eigenvalue weighted by molar-refractivity contribution is -0.122. The summed E-state index contributed by atoms with van der Waals surface area (Å²) in [6.07, 6.45) is 0.629. The quantitative estimate of drug-likeness (QED) is 0.833. The molecule has 0 fully saturated rings. The number of ether oxygens (including phenoxy) is 2. The van der Waals surface area contributed by atoms with E-state index < -0.39 is 6.04 Å². The molecule has 0 saturated carbocycles. The SMILES string of the molecule is Cl.NC(C(=O)NCCc1cc(Cl)c2c(c1)OCCO2)c1ccccc1. The summed E-state index contributed by atoms with van der Waals surface area (Å²) in [6.45, 7) is 1.48. The summed E-state index contributed by atoms with van der Waals surface area (Å²) in [5.74, 6) is 1.03. The van der Waals surface area contributed by atoms with E-state index in [2.05, 4.69) is 5.32 Å². The molecule has 1 aliphatic heterocycles. The Morgan fingerprint density at radius 1 is 1.20 bits per heavy atom. The van der Waals surface area contributed by atoms with Crippen LogP contribution in [0.2, 0.25) is 5.02 Å². The average molecular weight is 383 g/mol. The first-order chi connectivity index (χ1) is 11.6. The summed E-state index contributed by atoms with van der Waals surface area (Å²) in [5, 5.41) is 3.37. The van der Waals surface area contributed by atoms with E-state index in [4.69, 9.17) is 26.8 Å². The van der Waals surface area contributed by atoms with Crippen molar-refractivity contribution in [1.29, 1.82) is 0 Å². The van der Waals surface area contributed by atoms with E-state index in [1.807, 2.05) is 42.5 Å². The average Bonchev–Trinajstić information content (AvgIpc) is 2.62. The summed E-state index contributed by atoms with van der Waals surface area (Å²) in [6, 6.07) is 12.3. The highest BCUT2D eigenvalue weighted by Crippen LogP contribution is 2.38. The Balaban J connectivity index is 0.00000225. The van der Waals surface area contributed by atoms with E-state index in [1.54, 1.807) is 0 Å². The van der Waals surface area contributed by atoms with Crippen LogP contribution >= 0.6 is 24.0 Å². The fourth-order valence-corrected chi connectivity index (χ4v) is 2.85. The van der Waals surface area contributed by atoms with Crippen molar-refractivity contribution >= 4 is 29.9 Å². The van der Waals surface area contributed by atoms with Gasteiger partial charge in [0.15, 0.2) is 11.5 Å². The van der Waals surface area contributed by atoms with Crippen LogP contribution in [0.1, 0.15) is 17.2 Å². The van der Waals surface area contributed by atoms with Gasteiger partial charge >= 0.3 is 0 Å². The molecule has 0 saturated heterocycles. The van der Waals surface area contributed by atoms with Gasteiger partial charge < -0.3 is 20.5 Å². The molecule has 134 valence electrons. The standard InChI is InChI=1S/C18H19ClN2O3.ClH/c19-14-10-12(11-15-17(14)24-9-8-23-15)6-7-21-18(22)16(20)13-4-2-1-3-5-13;/h1-5,10-11,16H,6-9,20H2,(H,21,22);1H. The largest absolute Gasteiger partial charge is 0.486 e. The van der Waals surface area contributed by atoms with Gasteiger partial charge in [-0.3, -0.25) is 4.79 Å². The third-order valence-corrected chi connectivity index (χ3v) is 4.09. The van der Waals surface area contributed by atoms with Crippen LogP contribution < -0.4 is 20.5 Å². The van der Waals surface area contributed by atoms with Crippen LogP contribution in [0.3, 0.4) is 0 Å². The lowest BCUT2D eigenvalue weighted by atomic mass is 10.1. The number of amides is 1. The zero-order chi connectivity index (χ0) is 16.9. The van der Waals surface area contributed by atoms with Gasteiger partial charge in [-0.15, -0.1) is 12.4 Å². The monoisotopic (exact) mass is 382 g/mol. The zero-order valence-electron chi connectivity index (χ0n) is 13.5. The summed E-state index contributed by atoms with van der Waals surface area (Å²) in [4.78, 5) is 12.1. The molecule has 0 spiro atoms. The van der Waals surface area contributed by atoms with Gasteiger partial charge in [-0.05, 0) is 29.7 Å². The number of fused-ring (bicyclic) bond motifs is 1. The Kier molecular flexibility index (Phi) is 6.93. The highest BCUT2D eigenvalue weighted by Gasteiger charge is 2.17. The fourth-order valence-electron chi connectivity index (χ4n) is 2.56. The Labute approximate surface area is 157 Å². The van der Waals surface area contributed by atoms with Gasteiger partial charge in [-0.2, -0.15) is 0 Å². The highest BCUT2D eigenvalue weighted by molar-refractivity contribution is 6.32. The lowest BCUT2D eigenvalue weighted by Gasteiger charge is -2.20. The summed E-state index contributed by atoms with van der Waals surface area (Å²) >= 11 is 6.21. The predicted molar refractivity (Wildman–Crippen MR) is 99.8 cm³/mol. The Hall–Kier alpha value is -1.95. The van der Waals surface area contributed by atoms with Crippen molar-refractivity contribution in [3.05, 3.63) is 58.6 Å². The minimum Gasteiger partial charge on any atom is -0.486 e. The molecule has 1 aliphatic rings. The van der Waals surface area contributed by atoms with E-state index in [0.29, 0.717) is 42.7 Å². The first-order valence-electron chi connectivity index (χ1n) is 7.81. The maximum atomic E-state index is 12.1. The molecule has 0 aliphatic carbocycles. The minimum absolute atomic E-state index is 0. The number of halogens is 2. The molecule has 1 unspecified atom stereocenters. The second-order valence-electron chi connectivity index (χ2n) is 5.53. The second-order valence-corrected chi connectivity index (χ2v) is 5.94. The van der Waals surface area contributed by atoms with Crippen molar-refractivity contribution in [2.45, 2.75) is 12.5 Å². The molecular formula is C18H20Cl2N2O3. The van der Waals surface area contributed by atoms with Crippen molar-refractivity contribution < 1.29 is 14.3 Å². The van der Waals surface area contributed by atoms with E-state index in [1.165, 1.54) is 0 Å². The second kappa shape index (κ2) is 8.94. The molecule has 0 bridgehead atoms. The van der Waals surface area contributed by atoms with Crippen LogP contribution in [0.15, 0.2) is 42.5 Å². The van der Waals surface area contributed by atoms with Crippen molar-refractivity contribution in [1.82, 2.24) is 5.32 Å². The number of hydrogen-bond donors (Lipinski definition) is 2. The van der Waals surface area contributed by atoms with Crippen LogP contribution in [-0.2, 0) is 11.2 Å². The number of benzene rings is 2. The van der Waals surface area contributed by atoms with E-state index in [9.17, 15) is 4.79 Å².